The fraction of sp³-hybridized carbons (Fsp3) is 0.743. The summed E-state index contributed by atoms with van der Waals surface area (Å²) < 4.78 is 1.43. The normalized spacial score (nSPS) is 12.1. The summed E-state index contributed by atoms with van der Waals surface area (Å²) in [5.41, 5.74) is 19.3. The van der Waals surface area contributed by atoms with Crippen molar-refractivity contribution in [2.75, 3.05) is 0 Å². The molecule has 1 aliphatic heterocycles. The maximum atomic E-state index is 11.3. The predicted octanol–water partition coefficient (Wildman–Crippen LogP) is 24.9. The molecule has 0 aliphatic carbocycles. The van der Waals surface area contributed by atoms with E-state index in [1.807, 2.05) is 0 Å². The summed E-state index contributed by atoms with van der Waals surface area (Å²) in [6.45, 7) is 19.1. The molecule has 2 nitrogen and oxygen atoms in total. The first-order chi connectivity index (χ1) is 35.5. The Bertz CT molecular complexity index is 1480. The number of rotatable bonds is 47. The van der Waals surface area contributed by atoms with Crippen LogP contribution in [0.3, 0.4) is 0 Å². The van der Waals surface area contributed by atoms with Crippen molar-refractivity contribution in [1.82, 2.24) is 0 Å². The quantitative estimate of drug-likeness (QED) is 0.0273. The summed E-state index contributed by atoms with van der Waals surface area (Å²) in [6.07, 6.45) is 67.0. The second-order valence-electron chi connectivity index (χ2n) is 22.2. The molecular formula is C70H122N2Ni. The molecule has 1 heterocycles. The average molecular weight is 1050 g/mol. The third-order valence-electron chi connectivity index (χ3n) is 15.1. The molecule has 0 atom stereocenters. The SMILES string of the molecule is CCCCC1=C(c2cccc(CCCC)c2)[N+](=[N-])C(c2cccc(CCCC)c2)=C1.[CH2-]CCCCCCCCCCCCCCCCCCCC.[CH2-]CCCCCCCCCCCCCCCCCCCC.[Ni+2]. The Morgan fingerprint density at radius 1 is 0.342 bits per heavy atom. The summed E-state index contributed by atoms with van der Waals surface area (Å²) in [5.74, 6) is 0. The number of aryl methyl sites for hydroxylation is 2. The van der Waals surface area contributed by atoms with Crippen LogP contribution in [0.4, 0.5) is 0 Å². The molecule has 422 valence electrons. The van der Waals surface area contributed by atoms with Gasteiger partial charge in [0.05, 0.1) is 0 Å². The topological polar surface area (TPSA) is 25.3 Å². The Morgan fingerprint density at radius 2 is 0.616 bits per heavy atom. The molecule has 0 aromatic heterocycles. The molecule has 0 saturated heterocycles. The van der Waals surface area contributed by atoms with Gasteiger partial charge in [0.25, 0.3) is 0 Å². The largest absolute Gasteiger partial charge is 2.00 e. The van der Waals surface area contributed by atoms with E-state index in [1.165, 1.54) is 278 Å². The number of nitrogens with zero attached hydrogens (tertiary/aromatic N) is 2. The van der Waals surface area contributed by atoms with Gasteiger partial charge in [0.15, 0.2) is 0 Å². The van der Waals surface area contributed by atoms with Gasteiger partial charge >= 0.3 is 16.5 Å². The first kappa shape index (κ1) is 71.0. The Kier molecular flexibility index (Phi) is 53.3. The molecule has 0 N–H and O–H groups in total. The van der Waals surface area contributed by atoms with E-state index in [4.69, 9.17) is 0 Å². The van der Waals surface area contributed by atoms with Gasteiger partial charge in [-0.25, -0.2) is 4.70 Å². The molecule has 0 unspecified atom stereocenters. The maximum absolute atomic E-state index is 11.3. The molecule has 1 aliphatic rings. The van der Waals surface area contributed by atoms with Crippen LogP contribution in [0.25, 0.3) is 16.9 Å². The van der Waals surface area contributed by atoms with Crippen LogP contribution in [0.1, 0.15) is 346 Å². The zero-order chi connectivity index (χ0) is 52.2. The van der Waals surface area contributed by atoms with Crippen molar-refractivity contribution in [3.8, 4) is 0 Å². The molecular weight excluding hydrogens is 927 g/mol. The van der Waals surface area contributed by atoms with E-state index >= 15 is 0 Å². The van der Waals surface area contributed by atoms with Crippen molar-refractivity contribution in [1.29, 1.82) is 0 Å². The van der Waals surface area contributed by atoms with Crippen LogP contribution in [-0.4, -0.2) is 4.70 Å². The van der Waals surface area contributed by atoms with Crippen LogP contribution in [0.2, 0.25) is 0 Å². The predicted molar refractivity (Wildman–Crippen MR) is 326 cm³/mol. The minimum Gasteiger partial charge on any atom is -0.493 e. The van der Waals surface area contributed by atoms with E-state index in [1.54, 1.807) is 0 Å². The van der Waals surface area contributed by atoms with Crippen molar-refractivity contribution in [2.24, 2.45) is 0 Å². The molecule has 73 heavy (non-hydrogen) atoms. The van der Waals surface area contributed by atoms with Gasteiger partial charge in [0.1, 0.15) is 0 Å². The molecule has 0 fully saturated rings. The van der Waals surface area contributed by atoms with E-state index < -0.39 is 0 Å². The molecule has 0 spiro atoms. The van der Waals surface area contributed by atoms with Crippen molar-refractivity contribution in [2.45, 2.75) is 336 Å². The van der Waals surface area contributed by atoms with Gasteiger partial charge in [-0.2, -0.15) is 12.8 Å². The van der Waals surface area contributed by atoms with Crippen molar-refractivity contribution in [3.63, 3.8) is 0 Å². The van der Waals surface area contributed by atoms with Crippen molar-refractivity contribution < 1.29 is 21.2 Å². The molecule has 2 aromatic carbocycles. The fourth-order valence-corrected chi connectivity index (χ4v) is 10.3. The van der Waals surface area contributed by atoms with Crippen molar-refractivity contribution >= 4 is 11.4 Å². The first-order valence-electron chi connectivity index (χ1n) is 32.2. The average Bonchev–Trinajstić information content (AvgIpc) is 3.74. The van der Waals surface area contributed by atoms with Crippen LogP contribution in [0, 0.1) is 13.8 Å². The summed E-state index contributed by atoms with van der Waals surface area (Å²) in [4.78, 5) is 0. The standard InChI is InChI=1S/C28H36N2.2C21H43.Ni/c1-4-7-12-22-14-10-17-24(19-22)27-21-26(16-9-6-3)28(30(27)29)25-18-11-15-23(20-25)13-8-5-2;2*1-3-5-7-9-11-13-15-17-19-21-20-18-16-14-12-10-8-6-4-2;/h10-11,14-15,17-21H,4-9,12-13,16H2,1-3H3;2*1,3-21H2,2H3;/q;2*-1;+2. The van der Waals surface area contributed by atoms with Crippen molar-refractivity contribution in [3.05, 3.63) is 102 Å². The van der Waals surface area contributed by atoms with Gasteiger partial charge in [-0.05, 0) is 73.9 Å². The Hall–Kier alpha value is -1.99. The second-order valence-corrected chi connectivity index (χ2v) is 22.2. The zero-order valence-corrected chi connectivity index (χ0v) is 50.5. The number of hydrogen-bond acceptors (Lipinski definition) is 0. The number of benzene rings is 2. The number of hydrogen-bond donors (Lipinski definition) is 0. The molecule has 0 radical (unpaired) electrons. The minimum atomic E-state index is 0. The van der Waals surface area contributed by atoms with E-state index in [9.17, 15) is 5.53 Å². The van der Waals surface area contributed by atoms with Gasteiger partial charge in [-0.1, -0.05) is 309 Å². The monoisotopic (exact) mass is 1050 g/mol. The maximum Gasteiger partial charge on any atom is 2.00 e. The minimum absolute atomic E-state index is 0. The molecule has 0 amide bonds. The van der Waals surface area contributed by atoms with E-state index in [0.717, 1.165) is 67.5 Å². The van der Waals surface area contributed by atoms with Gasteiger partial charge in [-0.15, -0.1) is 0 Å². The van der Waals surface area contributed by atoms with Gasteiger partial charge in [0.2, 0.25) is 11.4 Å². The summed E-state index contributed by atoms with van der Waals surface area (Å²) in [5, 5.41) is 0. The summed E-state index contributed by atoms with van der Waals surface area (Å²) in [6, 6.07) is 17.4. The molecule has 3 heteroatoms. The number of unbranched alkanes of at least 4 members (excludes halogenated alkanes) is 39. The zero-order valence-electron chi connectivity index (χ0n) is 49.6. The molecule has 0 saturated carbocycles. The fourth-order valence-electron chi connectivity index (χ4n) is 10.3. The Labute approximate surface area is 468 Å². The van der Waals surface area contributed by atoms with E-state index in [2.05, 4.69) is 103 Å². The summed E-state index contributed by atoms with van der Waals surface area (Å²) >= 11 is 0. The molecule has 0 bridgehead atoms. The van der Waals surface area contributed by atoms with Gasteiger partial charge < -0.3 is 19.4 Å². The van der Waals surface area contributed by atoms with Crippen LogP contribution >= 0.6 is 0 Å². The first-order valence-corrected chi connectivity index (χ1v) is 32.2. The van der Waals surface area contributed by atoms with E-state index in [0.29, 0.717) is 0 Å². The Balaban J connectivity index is 0.00000109. The smallest absolute Gasteiger partial charge is 0.493 e. The third-order valence-corrected chi connectivity index (χ3v) is 15.1. The van der Waals surface area contributed by atoms with Crippen LogP contribution in [0.5, 0.6) is 0 Å². The molecule has 2 aromatic rings. The van der Waals surface area contributed by atoms with Crippen LogP contribution < -0.4 is 0 Å². The summed E-state index contributed by atoms with van der Waals surface area (Å²) in [7, 11) is 0. The van der Waals surface area contributed by atoms with Crippen LogP contribution in [-0.2, 0) is 29.3 Å². The Morgan fingerprint density at radius 3 is 0.932 bits per heavy atom. The third kappa shape index (κ3) is 40.0. The van der Waals surface area contributed by atoms with Gasteiger partial charge in [-0.3, -0.25) is 0 Å². The molecule has 3 rings (SSSR count). The van der Waals surface area contributed by atoms with Crippen LogP contribution in [0.15, 0.2) is 60.2 Å². The number of allylic oxidation sites excluding steroid dienone is 2. The second kappa shape index (κ2) is 54.8. The van der Waals surface area contributed by atoms with E-state index in [-0.39, 0.29) is 16.5 Å². The van der Waals surface area contributed by atoms with Gasteiger partial charge in [0, 0.05) is 22.8 Å².